The Bertz CT molecular complexity index is 726. The van der Waals surface area contributed by atoms with Gasteiger partial charge in [0.25, 0.3) is 0 Å². The number of hydrogen-bond donors (Lipinski definition) is 0. The van der Waals surface area contributed by atoms with E-state index in [1.807, 2.05) is 42.5 Å². The van der Waals surface area contributed by atoms with Crippen LogP contribution in [0.25, 0.3) is 21.5 Å². The molecule has 0 heterocycles. The zero-order chi connectivity index (χ0) is 12.8. The average molecular weight is 195 g/mol. The highest BCUT2D eigenvalue weighted by Gasteiger charge is 2.01. The predicted octanol–water partition coefficient (Wildman–Crippen LogP) is 4.30. The molecule has 0 radical (unpaired) electrons. The van der Waals surface area contributed by atoms with Gasteiger partial charge in [0, 0.05) is 4.11 Å². The van der Waals surface area contributed by atoms with Gasteiger partial charge in [0.15, 0.2) is 0 Å². The molecule has 15 heavy (non-hydrogen) atoms. The summed E-state index contributed by atoms with van der Waals surface area (Å²) in [5, 5.41) is 3.89. The van der Waals surface area contributed by atoms with Gasteiger partial charge in [0.05, 0.1) is 0 Å². The van der Waals surface area contributed by atoms with Gasteiger partial charge >= 0.3 is 0 Å². The molecule has 0 aliphatic carbocycles. The molecule has 0 N–H and O–H groups in total. The lowest BCUT2D eigenvalue weighted by molar-refractivity contribution is 1.54. The lowest BCUT2D eigenvalue weighted by Crippen LogP contribution is -1.80. The van der Waals surface area contributed by atoms with E-state index < -0.39 is 6.85 Å². The van der Waals surface area contributed by atoms with Crippen LogP contribution in [0.1, 0.15) is 9.68 Å². The van der Waals surface area contributed by atoms with E-state index in [0.717, 1.165) is 21.5 Å². The van der Waals surface area contributed by atoms with Crippen molar-refractivity contribution >= 4 is 21.5 Å². The molecule has 0 saturated heterocycles. The second-order valence-corrected chi connectivity index (χ2v) is 3.69. The molecular weight excluding hydrogens is 180 g/mol. The van der Waals surface area contributed by atoms with Crippen LogP contribution in [0.3, 0.4) is 0 Å². The first kappa shape index (κ1) is 5.92. The lowest BCUT2D eigenvalue weighted by Gasteiger charge is -2.06. The molecule has 0 heteroatoms. The van der Waals surface area contributed by atoms with Crippen LogP contribution in [0.2, 0.25) is 0 Å². The predicted molar refractivity (Wildman–Crippen MR) is 66.2 cm³/mol. The Morgan fingerprint density at radius 3 is 2.53 bits per heavy atom. The van der Waals surface area contributed by atoms with Gasteiger partial charge in [-0.15, -0.1) is 0 Å². The van der Waals surface area contributed by atoms with E-state index in [0.29, 0.717) is 5.56 Å². The fourth-order valence-electron chi connectivity index (χ4n) is 2.06. The Labute approximate surface area is 93.4 Å². The molecule has 3 aromatic rings. The van der Waals surface area contributed by atoms with E-state index in [4.69, 9.17) is 4.11 Å². The normalized spacial score (nSPS) is 14.8. The summed E-state index contributed by atoms with van der Waals surface area (Å²) >= 11 is 0. The Balaban J connectivity index is 2.55. The summed E-state index contributed by atoms with van der Waals surface area (Å²) in [5.74, 6) is 0. The van der Waals surface area contributed by atoms with Crippen molar-refractivity contribution in [1.29, 1.82) is 0 Å². The van der Waals surface area contributed by atoms with Crippen LogP contribution in [-0.4, -0.2) is 0 Å². The van der Waals surface area contributed by atoms with Crippen molar-refractivity contribution < 1.29 is 4.11 Å². The van der Waals surface area contributed by atoms with Gasteiger partial charge in [-0.2, -0.15) is 0 Å². The van der Waals surface area contributed by atoms with Crippen LogP contribution in [-0.2, 0) is 0 Å². The molecule has 0 amide bonds. The second kappa shape index (κ2) is 3.09. The molecule has 0 saturated carbocycles. The number of hydrogen-bond acceptors (Lipinski definition) is 0. The standard InChI is InChI=1S/C15H12/c1-11-5-4-7-13-10-9-12-6-2-3-8-14(12)15(11)13/h2-10H,1H3/i1D3. The minimum Gasteiger partial charge on any atom is -0.0616 e. The summed E-state index contributed by atoms with van der Waals surface area (Å²) in [6.45, 7) is -2.08. The number of benzene rings is 3. The maximum atomic E-state index is 7.66. The summed E-state index contributed by atoms with van der Waals surface area (Å²) in [7, 11) is 0. The monoisotopic (exact) mass is 195 g/mol. The summed E-state index contributed by atoms with van der Waals surface area (Å²) in [6, 6.07) is 17.4. The van der Waals surface area contributed by atoms with E-state index >= 15 is 0 Å². The number of rotatable bonds is 0. The minimum atomic E-state index is -2.08. The molecule has 0 fully saturated rings. The van der Waals surface area contributed by atoms with Crippen LogP contribution >= 0.6 is 0 Å². The maximum absolute atomic E-state index is 7.66. The third-order valence-corrected chi connectivity index (χ3v) is 2.77. The van der Waals surface area contributed by atoms with Crippen molar-refractivity contribution in [2.24, 2.45) is 0 Å². The van der Waals surface area contributed by atoms with E-state index in [2.05, 4.69) is 0 Å². The molecule has 0 atom stereocenters. The Morgan fingerprint density at radius 1 is 0.800 bits per heavy atom. The fraction of sp³-hybridized carbons (Fsp3) is 0.0667. The maximum Gasteiger partial charge on any atom is 0.0280 e. The van der Waals surface area contributed by atoms with Crippen LogP contribution in [0, 0.1) is 6.85 Å². The highest BCUT2D eigenvalue weighted by molar-refractivity contribution is 6.08. The third kappa shape index (κ3) is 1.22. The molecule has 72 valence electrons. The van der Waals surface area contributed by atoms with Crippen molar-refractivity contribution in [2.45, 2.75) is 6.85 Å². The summed E-state index contributed by atoms with van der Waals surface area (Å²) in [4.78, 5) is 0. The van der Waals surface area contributed by atoms with E-state index in [1.165, 1.54) is 0 Å². The summed E-state index contributed by atoms with van der Waals surface area (Å²) in [6.07, 6.45) is 0. The number of fused-ring (bicyclic) bond motifs is 3. The van der Waals surface area contributed by atoms with Crippen LogP contribution in [0.15, 0.2) is 54.6 Å². The molecule has 0 aliphatic rings. The Kier molecular flexibility index (Phi) is 1.22. The second-order valence-electron chi connectivity index (χ2n) is 3.69. The molecule has 0 aliphatic heterocycles. The SMILES string of the molecule is [2H]C([2H])([2H])c1cccc2ccc3ccccc3c12. The molecule has 0 nitrogen and oxygen atoms in total. The van der Waals surface area contributed by atoms with Gasteiger partial charge in [0.2, 0.25) is 0 Å². The first-order valence-corrected chi connectivity index (χ1v) is 4.98. The first-order chi connectivity index (χ1) is 8.57. The highest BCUT2D eigenvalue weighted by atomic mass is 14.0. The van der Waals surface area contributed by atoms with Gasteiger partial charge in [-0.1, -0.05) is 54.6 Å². The van der Waals surface area contributed by atoms with E-state index in [1.54, 1.807) is 12.1 Å². The van der Waals surface area contributed by atoms with E-state index in [9.17, 15) is 0 Å². The highest BCUT2D eigenvalue weighted by Crippen LogP contribution is 2.27. The smallest absolute Gasteiger partial charge is 0.0280 e. The molecule has 0 spiro atoms. The Hall–Kier alpha value is -1.82. The quantitative estimate of drug-likeness (QED) is 0.469. The lowest BCUT2D eigenvalue weighted by atomic mass is 9.99. The van der Waals surface area contributed by atoms with Gasteiger partial charge < -0.3 is 0 Å². The summed E-state index contributed by atoms with van der Waals surface area (Å²) in [5.41, 5.74) is 0.428. The average Bonchev–Trinajstić information content (AvgIpc) is 2.36. The van der Waals surface area contributed by atoms with Crippen molar-refractivity contribution in [2.75, 3.05) is 0 Å². The molecule has 0 bridgehead atoms. The molecule has 3 rings (SSSR count). The van der Waals surface area contributed by atoms with Crippen LogP contribution in [0.4, 0.5) is 0 Å². The van der Waals surface area contributed by atoms with Gasteiger partial charge in [-0.05, 0) is 34.0 Å². The van der Waals surface area contributed by atoms with Crippen molar-refractivity contribution in [3.8, 4) is 0 Å². The molecule has 0 unspecified atom stereocenters. The zero-order valence-corrected chi connectivity index (χ0v) is 8.20. The first-order valence-electron chi connectivity index (χ1n) is 6.48. The van der Waals surface area contributed by atoms with Gasteiger partial charge in [0.1, 0.15) is 0 Å². The minimum absolute atomic E-state index is 0.428. The van der Waals surface area contributed by atoms with Crippen molar-refractivity contribution in [3.63, 3.8) is 0 Å². The molecule has 0 aromatic heterocycles. The fourth-order valence-corrected chi connectivity index (χ4v) is 2.06. The van der Waals surface area contributed by atoms with Crippen molar-refractivity contribution in [1.82, 2.24) is 0 Å². The van der Waals surface area contributed by atoms with E-state index in [-0.39, 0.29) is 0 Å². The van der Waals surface area contributed by atoms with Crippen LogP contribution in [0.5, 0.6) is 0 Å². The molecule has 3 aromatic carbocycles. The van der Waals surface area contributed by atoms with Gasteiger partial charge in [-0.25, -0.2) is 0 Å². The zero-order valence-electron chi connectivity index (χ0n) is 11.2. The third-order valence-electron chi connectivity index (χ3n) is 2.77. The van der Waals surface area contributed by atoms with Gasteiger partial charge in [-0.3, -0.25) is 0 Å². The molecular formula is C15H12. The topological polar surface area (TPSA) is 0 Å². The Morgan fingerprint density at radius 2 is 1.60 bits per heavy atom. The van der Waals surface area contributed by atoms with Crippen molar-refractivity contribution in [3.05, 3.63) is 60.2 Å². The summed E-state index contributed by atoms with van der Waals surface area (Å²) < 4.78 is 23.0. The van der Waals surface area contributed by atoms with Crippen LogP contribution < -0.4 is 0 Å². The largest absolute Gasteiger partial charge is 0.0616 e. The number of aryl methyl sites for hydroxylation is 1.